The van der Waals surface area contributed by atoms with Crippen LogP contribution in [-0.4, -0.2) is 29.6 Å². The predicted molar refractivity (Wildman–Crippen MR) is 91.7 cm³/mol. The van der Waals surface area contributed by atoms with E-state index in [9.17, 15) is 5.11 Å². The first kappa shape index (κ1) is 15.1. The van der Waals surface area contributed by atoms with Crippen molar-refractivity contribution in [1.29, 1.82) is 0 Å². The number of nitrogens with zero attached hydrogens (tertiary/aromatic N) is 1. The Morgan fingerprint density at radius 3 is 2.73 bits per heavy atom. The van der Waals surface area contributed by atoms with Crippen LogP contribution >= 0.6 is 11.6 Å². The zero-order valence-corrected chi connectivity index (χ0v) is 13.4. The molecular weight excluding hydrogens is 294 g/mol. The molecule has 0 saturated carbocycles. The number of aromatic hydroxyl groups is 1. The van der Waals surface area contributed by atoms with Crippen molar-refractivity contribution in [3.8, 4) is 5.75 Å². The van der Waals surface area contributed by atoms with Crippen molar-refractivity contribution in [3.05, 3.63) is 76.8 Å². The van der Waals surface area contributed by atoms with E-state index in [0.717, 1.165) is 13.0 Å². The average molecular weight is 314 g/mol. The minimum absolute atomic E-state index is 0.161. The summed E-state index contributed by atoms with van der Waals surface area (Å²) >= 11 is 6.09. The van der Waals surface area contributed by atoms with Crippen molar-refractivity contribution < 1.29 is 5.11 Å². The fourth-order valence-corrected chi connectivity index (χ4v) is 3.63. The molecule has 3 heteroatoms. The third-order valence-electron chi connectivity index (χ3n) is 4.50. The molecule has 0 saturated heterocycles. The molecule has 22 heavy (non-hydrogen) atoms. The summed E-state index contributed by atoms with van der Waals surface area (Å²) in [4.78, 5) is 2.32. The molecule has 0 bridgehead atoms. The first-order valence-corrected chi connectivity index (χ1v) is 7.87. The quantitative estimate of drug-likeness (QED) is 0.854. The fourth-order valence-electron chi connectivity index (χ4n) is 3.45. The number of likely N-dealkylation sites (N-methyl/N-ethyl adjacent to an activating group) is 1. The van der Waals surface area contributed by atoms with E-state index in [4.69, 9.17) is 11.6 Å². The van der Waals surface area contributed by atoms with E-state index in [-0.39, 0.29) is 11.7 Å². The first-order valence-electron chi connectivity index (χ1n) is 7.49. The second kappa shape index (κ2) is 6.15. The van der Waals surface area contributed by atoms with Crippen molar-refractivity contribution in [2.45, 2.75) is 18.4 Å². The lowest BCUT2D eigenvalue weighted by Gasteiger charge is -2.29. The number of phenols is 1. The Morgan fingerprint density at radius 1 is 1.32 bits per heavy atom. The maximum atomic E-state index is 10.0. The zero-order chi connectivity index (χ0) is 15.7. The SMILES string of the molecule is C=CCN(C)[C@@H]1Cc2cc(Cl)c(O)cc2[C@H]1c1ccccc1. The standard InChI is InChI=1S/C19H20ClNO/c1-3-9-21(2)17-11-14-10-16(20)18(22)12-15(14)19(17)13-7-5-4-6-8-13/h3-8,10,12,17,19,22H,1,9,11H2,2H3/t17-,19-/m1/s1. The lowest BCUT2D eigenvalue weighted by atomic mass is 9.89. The Morgan fingerprint density at radius 2 is 2.05 bits per heavy atom. The second-order valence-electron chi connectivity index (χ2n) is 5.89. The van der Waals surface area contributed by atoms with E-state index < -0.39 is 0 Å². The van der Waals surface area contributed by atoms with Crippen LogP contribution in [0.5, 0.6) is 5.75 Å². The molecule has 0 heterocycles. The largest absolute Gasteiger partial charge is 0.506 e. The van der Waals surface area contributed by atoms with E-state index in [1.54, 1.807) is 0 Å². The fraction of sp³-hybridized carbons (Fsp3) is 0.263. The van der Waals surface area contributed by atoms with Crippen LogP contribution in [0.25, 0.3) is 0 Å². The van der Waals surface area contributed by atoms with Crippen molar-refractivity contribution in [2.75, 3.05) is 13.6 Å². The maximum Gasteiger partial charge on any atom is 0.134 e. The first-order chi connectivity index (χ1) is 10.6. The molecule has 1 aliphatic rings. The van der Waals surface area contributed by atoms with Crippen molar-refractivity contribution in [2.24, 2.45) is 0 Å². The van der Waals surface area contributed by atoms with Crippen LogP contribution < -0.4 is 0 Å². The number of halogens is 1. The predicted octanol–water partition coefficient (Wildman–Crippen LogP) is 4.22. The normalized spacial score (nSPS) is 20.1. The molecule has 2 nitrogen and oxygen atoms in total. The zero-order valence-electron chi connectivity index (χ0n) is 12.7. The van der Waals surface area contributed by atoms with Gasteiger partial charge < -0.3 is 5.11 Å². The molecule has 0 unspecified atom stereocenters. The maximum absolute atomic E-state index is 10.0. The molecule has 1 aliphatic carbocycles. The molecule has 2 aromatic rings. The third kappa shape index (κ3) is 2.65. The molecule has 0 amide bonds. The van der Waals surface area contributed by atoms with Gasteiger partial charge >= 0.3 is 0 Å². The van der Waals surface area contributed by atoms with Gasteiger partial charge in [-0.1, -0.05) is 48.0 Å². The van der Waals surface area contributed by atoms with E-state index in [0.29, 0.717) is 11.1 Å². The second-order valence-corrected chi connectivity index (χ2v) is 6.30. The van der Waals surface area contributed by atoms with E-state index in [2.05, 4.69) is 42.8 Å². The van der Waals surface area contributed by atoms with Crippen LogP contribution in [0.4, 0.5) is 0 Å². The van der Waals surface area contributed by atoms with E-state index in [1.807, 2.05) is 24.3 Å². The van der Waals surface area contributed by atoms with E-state index >= 15 is 0 Å². The van der Waals surface area contributed by atoms with Crippen molar-refractivity contribution in [3.63, 3.8) is 0 Å². The minimum Gasteiger partial charge on any atom is -0.506 e. The molecule has 0 fully saturated rings. The number of benzene rings is 2. The molecule has 2 atom stereocenters. The van der Waals surface area contributed by atoms with Gasteiger partial charge in [0, 0.05) is 18.5 Å². The number of rotatable bonds is 4. The monoisotopic (exact) mass is 313 g/mol. The van der Waals surface area contributed by atoms with Crippen molar-refractivity contribution >= 4 is 11.6 Å². The van der Waals surface area contributed by atoms with Gasteiger partial charge in [0.15, 0.2) is 0 Å². The molecule has 0 spiro atoms. The summed E-state index contributed by atoms with van der Waals surface area (Å²) < 4.78 is 0. The molecule has 1 N–H and O–H groups in total. The Labute approximate surface area is 136 Å². The lowest BCUT2D eigenvalue weighted by molar-refractivity contribution is 0.256. The summed E-state index contributed by atoms with van der Waals surface area (Å²) in [7, 11) is 2.12. The van der Waals surface area contributed by atoms with Gasteiger partial charge in [0.1, 0.15) is 5.75 Å². The van der Waals surface area contributed by atoms with Crippen LogP contribution in [0.15, 0.2) is 55.1 Å². The molecule has 0 aliphatic heterocycles. The minimum atomic E-state index is 0.161. The summed E-state index contributed by atoms with van der Waals surface area (Å²) in [5.74, 6) is 0.401. The van der Waals surface area contributed by atoms with Crippen LogP contribution in [0.1, 0.15) is 22.6 Å². The summed E-state index contributed by atoms with van der Waals surface area (Å²) in [6.07, 6.45) is 2.86. The molecular formula is C19H20ClNO. The van der Waals surface area contributed by atoms with Gasteiger partial charge in [-0.05, 0) is 42.3 Å². The highest BCUT2D eigenvalue weighted by Crippen LogP contribution is 2.43. The number of hydrogen-bond acceptors (Lipinski definition) is 2. The van der Waals surface area contributed by atoms with Crippen LogP contribution in [0, 0.1) is 0 Å². The smallest absolute Gasteiger partial charge is 0.134 e. The Kier molecular flexibility index (Phi) is 4.23. The average Bonchev–Trinajstić information content (AvgIpc) is 2.87. The van der Waals surface area contributed by atoms with Gasteiger partial charge in [0.2, 0.25) is 0 Å². The van der Waals surface area contributed by atoms with Gasteiger partial charge in [0.25, 0.3) is 0 Å². The molecule has 3 rings (SSSR count). The van der Waals surface area contributed by atoms with Crippen LogP contribution in [-0.2, 0) is 6.42 Å². The Balaban J connectivity index is 2.08. The van der Waals surface area contributed by atoms with Gasteiger partial charge in [-0.3, -0.25) is 4.90 Å². The molecule has 0 aromatic heterocycles. The number of phenolic OH excluding ortho intramolecular Hbond substituents is 1. The number of fused-ring (bicyclic) bond motifs is 1. The molecule has 0 radical (unpaired) electrons. The Bertz CT molecular complexity index is 683. The third-order valence-corrected chi connectivity index (χ3v) is 4.80. The van der Waals surface area contributed by atoms with Crippen LogP contribution in [0.3, 0.4) is 0 Å². The van der Waals surface area contributed by atoms with Gasteiger partial charge in [0.05, 0.1) is 5.02 Å². The highest BCUT2D eigenvalue weighted by Gasteiger charge is 2.36. The molecule has 114 valence electrons. The highest BCUT2D eigenvalue weighted by molar-refractivity contribution is 6.32. The summed E-state index contributed by atoms with van der Waals surface area (Å²) in [5.41, 5.74) is 3.66. The molecule has 2 aromatic carbocycles. The summed E-state index contributed by atoms with van der Waals surface area (Å²) in [6, 6.07) is 14.5. The van der Waals surface area contributed by atoms with Crippen LogP contribution in [0.2, 0.25) is 5.02 Å². The van der Waals surface area contributed by atoms with Gasteiger partial charge in [-0.25, -0.2) is 0 Å². The van der Waals surface area contributed by atoms with Crippen molar-refractivity contribution in [1.82, 2.24) is 4.90 Å². The lowest BCUT2D eigenvalue weighted by Crippen LogP contribution is -2.35. The summed E-state index contributed by atoms with van der Waals surface area (Å²) in [6.45, 7) is 4.68. The van der Waals surface area contributed by atoms with E-state index in [1.165, 1.54) is 16.7 Å². The van der Waals surface area contributed by atoms with Gasteiger partial charge in [-0.2, -0.15) is 0 Å². The Hall–Kier alpha value is -1.77. The number of hydrogen-bond donors (Lipinski definition) is 1. The summed E-state index contributed by atoms with van der Waals surface area (Å²) in [5, 5.41) is 10.4. The van der Waals surface area contributed by atoms with Gasteiger partial charge in [-0.15, -0.1) is 6.58 Å². The highest BCUT2D eigenvalue weighted by atomic mass is 35.5. The topological polar surface area (TPSA) is 23.5 Å².